The summed E-state index contributed by atoms with van der Waals surface area (Å²) in [6.07, 6.45) is -2.41. The number of carbonyl (C=O) groups is 1. The third-order valence-corrected chi connectivity index (χ3v) is 0.146. The van der Waals surface area contributed by atoms with E-state index in [1.807, 2.05) is 0 Å². The Hall–Kier alpha value is -1.20. The molecule has 0 aromatic rings. The van der Waals surface area contributed by atoms with E-state index in [9.17, 15) is 4.39 Å². The number of nitrogens with zero attached hydrogens (tertiary/aromatic N) is 1. The Bertz CT molecular complexity index is 87.9. The topological polar surface area (TPSA) is 69.4 Å². The van der Waals surface area contributed by atoms with Crippen LogP contribution in [-0.2, 0) is 4.84 Å². The van der Waals surface area contributed by atoms with Crippen LogP contribution in [0, 0.1) is 10.1 Å². The van der Waals surface area contributed by atoms with Gasteiger partial charge in [-0.2, -0.15) is 4.84 Å². The zero-order chi connectivity index (χ0) is 5.86. The Morgan fingerprint density at radius 1 is 1.86 bits per heavy atom. The molecule has 0 unspecified atom stereocenters. The molecule has 0 heterocycles. The van der Waals surface area contributed by atoms with Crippen LogP contribution in [0.5, 0.6) is 0 Å². The van der Waals surface area contributed by atoms with E-state index >= 15 is 0 Å². The summed E-state index contributed by atoms with van der Waals surface area (Å²) in [4.78, 5) is 20.5. The predicted octanol–water partition coefficient (Wildman–Crippen LogP) is 0.284. The van der Waals surface area contributed by atoms with Crippen molar-refractivity contribution < 1.29 is 19.1 Å². The van der Waals surface area contributed by atoms with Crippen LogP contribution in [0.1, 0.15) is 0 Å². The maximum Gasteiger partial charge on any atom is 0.477 e. The number of hydrogen-bond acceptors (Lipinski definition) is 4. The van der Waals surface area contributed by atoms with Gasteiger partial charge in [0, 0.05) is 0 Å². The Morgan fingerprint density at radius 3 is 2.29 bits per heavy atom. The molecule has 0 radical (unpaired) electrons. The number of carbonyl (C=O) groups excluding carboxylic acids is 1. The molecular weight excluding hydrogens is 109 g/mol. The van der Waals surface area contributed by atoms with Gasteiger partial charge < -0.3 is 0 Å². The van der Waals surface area contributed by atoms with Crippen molar-refractivity contribution in [2.45, 2.75) is 0 Å². The van der Waals surface area contributed by atoms with Crippen molar-refractivity contribution in [3.8, 4) is 0 Å². The normalized spacial score (nSPS) is 7.57. The van der Waals surface area contributed by atoms with Gasteiger partial charge in [-0.1, -0.05) is 0 Å². The molecule has 0 aromatic carbocycles. The molecule has 0 atom stereocenters. The zero-order valence-corrected chi connectivity index (χ0v) is 2.96. The van der Waals surface area contributed by atoms with E-state index in [0.717, 1.165) is 0 Å². The molecule has 0 aromatic heterocycles. The standard InChI is InChI=1S/CFNO4/c2-1(4)7-3(5)6. The summed E-state index contributed by atoms with van der Waals surface area (Å²) in [6.45, 7) is 0. The van der Waals surface area contributed by atoms with Crippen LogP contribution in [0.3, 0.4) is 0 Å². The molecular formula is CFNO4. The first-order valence-electron chi connectivity index (χ1n) is 1.14. The molecule has 0 saturated heterocycles. The van der Waals surface area contributed by atoms with Gasteiger partial charge in [0.2, 0.25) is 0 Å². The zero-order valence-electron chi connectivity index (χ0n) is 2.96. The molecule has 6 heteroatoms. The molecule has 0 fully saturated rings. The molecule has 0 spiro atoms. The highest BCUT2D eigenvalue weighted by Crippen LogP contribution is 1.79. The number of hydrogen-bond donors (Lipinski definition) is 0. The summed E-state index contributed by atoms with van der Waals surface area (Å²) in [5.41, 5.74) is 0. The van der Waals surface area contributed by atoms with Gasteiger partial charge in [0.25, 0.3) is 0 Å². The summed E-state index contributed by atoms with van der Waals surface area (Å²) in [5.74, 6) is 0. The lowest BCUT2D eigenvalue weighted by Crippen LogP contribution is -2.01. The van der Waals surface area contributed by atoms with E-state index in [2.05, 4.69) is 4.84 Å². The minimum Gasteiger partial charge on any atom is -0.228 e. The van der Waals surface area contributed by atoms with E-state index in [1.165, 1.54) is 0 Å². The minimum absolute atomic E-state index is 1.53. The van der Waals surface area contributed by atoms with Crippen LogP contribution in [0.2, 0.25) is 0 Å². The van der Waals surface area contributed by atoms with Gasteiger partial charge in [0.15, 0.2) is 0 Å². The van der Waals surface area contributed by atoms with Crippen LogP contribution >= 0.6 is 0 Å². The Labute approximate surface area is 36.8 Å². The lowest BCUT2D eigenvalue weighted by molar-refractivity contribution is -0.729. The summed E-state index contributed by atoms with van der Waals surface area (Å²) in [6, 6.07) is 0. The van der Waals surface area contributed by atoms with Crippen LogP contribution in [-0.4, -0.2) is 11.3 Å². The van der Waals surface area contributed by atoms with Gasteiger partial charge in [-0.05, 0) is 0 Å². The van der Waals surface area contributed by atoms with E-state index in [4.69, 9.17) is 14.9 Å². The fourth-order valence-electron chi connectivity index (χ4n) is 0.0586. The molecule has 0 amide bonds. The first-order valence-corrected chi connectivity index (χ1v) is 1.14. The average molecular weight is 109 g/mol. The summed E-state index contributed by atoms with van der Waals surface area (Å²) in [5, 5.41) is 7.41. The Morgan fingerprint density at radius 2 is 2.29 bits per heavy atom. The minimum atomic E-state index is -2.41. The van der Waals surface area contributed by atoms with Crippen molar-refractivity contribution in [3.63, 3.8) is 0 Å². The van der Waals surface area contributed by atoms with Gasteiger partial charge >= 0.3 is 11.3 Å². The quantitative estimate of drug-likeness (QED) is 0.275. The number of halogens is 1. The molecule has 0 bridgehead atoms. The van der Waals surface area contributed by atoms with Crippen molar-refractivity contribution >= 4 is 6.22 Å². The molecule has 40 valence electrons. The first kappa shape index (κ1) is 5.80. The molecule has 0 rings (SSSR count). The maximum atomic E-state index is 10.6. The molecule has 7 heavy (non-hydrogen) atoms. The first-order chi connectivity index (χ1) is 3.13. The van der Waals surface area contributed by atoms with E-state index in [-0.39, 0.29) is 0 Å². The highest BCUT2D eigenvalue weighted by Gasteiger charge is 2.01. The van der Waals surface area contributed by atoms with Gasteiger partial charge in [-0.3, -0.25) is 0 Å². The second-order valence-corrected chi connectivity index (χ2v) is 0.553. The van der Waals surface area contributed by atoms with Crippen LogP contribution in [0.15, 0.2) is 0 Å². The Kier molecular flexibility index (Phi) is 1.71. The predicted molar refractivity (Wildman–Crippen MR) is 14.6 cm³/mol. The van der Waals surface area contributed by atoms with Gasteiger partial charge in [0.1, 0.15) is 0 Å². The van der Waals surface area contributed by atoms with Crippen LogP contribution in [0.25, 0.3) is 0 Å². The largest absolute Gasteiger partial charge is 0.477 e. The highest BCUT2D eigenvalue weighted by atomic mass is 19.1. The third-order valence-electron chi connectivity index (χ3n) is 0.146. The van der Waals surface area contributed by atoms with Crippen molar-refractivity contribution in [2.24, 2.45) is 0 Å². The molecule has 0 aliphatic rings. The fraction of sp³-hybridized carbons (Fsp3) is 0. The third kappa shape index (κ3) is 4.80. The Balaban J connectivity index is 3.32. The summed E-state index contributed by atoms with van der Waals surface area (Å²) < 4.78 is 10.6. The summed E-state index contributed by atoms with van der Waals surface area (Å²) >= 11 is 0. The number of rotatable bonds is 1. The lowest BCUT2D eigenvalue weighted by atomic mass is 11.5. The fourth-order valence-corrected chi connectivity index (χ4v) is 0.0586. The van der Waals surface area contributed by atoms with E-state index in [0.29, 0.717) is 0 Å². The SMILES string of the molecule is O=C(F)O[N+](=O)[O-]. The van der Waals surface area contributed by atoms with Crippen LogP contribution < -0.4 is 0 Å². The van der Waals surface area contributed by atoms with E-state index < -0.39 is 11.3 Å². The van der Waals surface area contributed by atoms with Crippen molar-refractivity contribution in [1.29, 1.82) is 0 Å². The molecule has 0 aliphatic heterocycles. The van der Waals surface area contributed by atoms with Gasteiger partial charge in [-0.25, -0.2) is 4.79 Å². The molecule has 0 N–H and O–H groups in total. The second-order valence-electron chi connectivity index (χ2n) is 0.553. The van der Waals surface area contributed by atoms with Crippen molar-refractivity contribution in [2.75, 3.05) is 0 Å². The highest BCUT2D eigenvalue weighted by molar-refractivity contribution is 5.56. The lowest BCUT2D eigenvalue weighted by Gasteiger charge is -1.78. The van der Waals surface area contributed by atoms with Gasteiger partial charge in [0.05, 0.1) is 0 Å². The second kappa shape index (κ2) is 2.06. The average Bonchev–Trinajstić information content (AvgIpc) is 1.27. The maximum absolute atomic E-state index is 10.6. The molecule has 0 saturated carbocycles. The summed E-state index contributed by atoms with van der Waals surface area (Å²) in [7, 11) is 0. The van der Waals surface area contributed by atoms with Gasteiger partial charge in [-0.15, -0.1) is 14.5 Å². The van der Waals surface area contributed by atoms with Crippen molar-refractivity contribution in [3.05, 3.63) is 10.1 Å². The molecule has 0 aliphatic carbocycles. The van der Waals surface area contributed by atoms with E-state index in [1.54, 1.807) is 0 Å². The van der Waals surface area contributed by atoms with Crippen molar-refractivity contribution in [1.82, 2.24) is 0 Å². The monoisotopic (exact) mass is 109 g/mol. The molecule has 5 nitrogen and oxygen atoms in total. The van der Waals surface area contributed by atoms with Crippen LogP contribution in [0.4, 0.5) is 9.18 Å². The smallest absolute Gasteiger partial charge is 0.228 e.